The van der Waals surface area contributed by atoms with Crippen molar-refractivity contribution in [1.29, 1.82) is 0 Å². The molecular formula is C13H13BrFN3O. The number of aromatic nitrogens is 3. The van der Waals surface area contributed by atoms with Crippen molar-refractivity contribution >= 4 is 15.9 Å². The van der Waals surface area contributed by atoms with Crippen molar-refractivity contribution in [2.45, 2.75) is 32.6 Å². The van der Waals surface area contributed by atoms with Gasteiger partial charge in [0.1, 0.15) is 11.5 Å². The first-order valence-electron chi connectivity index (χ1n) is 6.08. The van der Waals surface area contributed by atoms with Crippen molar-refractivity contribution in [1.82, 2.24) is 14.8 Å². The van der Waals surface area contributed by atoms with Crippen LogP contribution >= 0.6 is 15.9 Å². The first kappa shape index (κ1) is 12.7. The second kappa shape index (κ2) is 4.68. The summed E-state index contributed by atoms with van der Waals surface area (Å²) in [4.78, 5) is 4.08. The Balaban J connectivity index is 2.09. The maximum Gasteiger partial charge on any atom is 0.141 e. The molecule has 1 aliphatic rings. The molecule has 0 bridgehead atoms. The predicted molar refractivity (Wildman–Crippen MR) is 72.1 cm³/mol. The van der Waals surface area contributed by atoms with Crippen molar-refractivity contribution in [2.75, 3.05) is 0 Å². The van der Waals surface area contributed by atoms with Gasteiger partial charge in [-0.05, 0) is 41.9 Å². The van der Waals surface area contributed by atoms with Gasteiger partial charge in [0.05, 0.1) is 40.8 Å². The van der Waals surface area contributed by atoms with Crippen molar-refractivity contribution < 1.29 is 9.13 Å². The van der Waals surface area contributed by atoms with Crippen molar-refractivity contribution in [3.63, 3.8) is 0 Å². The molecule has 19 heavy (non-hydrogen) atoms. The van der Waals surface area contributed by atoms with Crippen LogP contribution < -0.4 is 0 Å². The van der Waals surface area contributed by atoms with Crippen LogP contribution in [-0.4, -0.2) is 20.9 Å². The molecule has 0 amide bonds. The van der Waals surface area contributed by atoms with E-state index in [1.807, 2.05) is 11.6 Å². The Morgan fingerprint density at radius 2 is 2.21 bits per heavy atom. The third kappa shape index (κ3) is 2.08. The quantitative estimate of drug-likeness (QED) is 0.807. The minimum absolute atomic E-state index is 0.119. The summed E-state index contributed by atoms with van der Waals surface area (Å²) < 4.78 is 21.4. The molecule has 0 saturated heterocycles. The summed E-state index contributed by atoms with van der Waals surface area (Å²) in [6, 6.07) is 3.17. The summed E-state index contributed by atoms with van der Waals surface area (Å²) in [5, 5.41) is 4.59. The van der Waals surface area contributed by atoms with Crippen LogP contribution in [0.4, 0.5) is 4.39 Å². The van der Waals surface area contributed by atoms with E-state index in [1.165, 1.54) is 12.3 Å². The lowest BCUT2D eigenvalue weighted by Gasteiger charge is -2.28. The summed E-state index contributed by atoms with van der Waals surface area (Å²) in [5.41, 5.74) is 2.36. The highest BCUT2D eigenvalue weighted by Gasteiger charge is 2.28. The Hall–Kier alpha value is -1.27. The molecule has 0 radical (unpaired) electrons. The van der Waals surface area contributed by atoms with E-state index in [1.54, 1.807) is 6.07 Å². The number of rotatable bonds is 1. The van der Waals surface area contributed by atoms with Gasteiger partial charge in [-0.3, -0.25) is 9.67 Å². The van der Waals surface area contributed by atoms with E-state index in [4.69, 9.17) is 4.74 Å². The third-order valence-corrected chi connectivity index (χ3v) is 4.30. The Morgan fingerprint density at radius 3 is 2.89 bits per heavy atom. The fourth-order valence-corrected chi connectivity index (χ4v) is 2.72. The van der Waals surface area contributed by atoms with Crippen LogP contribution in [0.3, 0.4) is 0 Å². The highest BCUT2D eigenvalue weighted by Crippen LogP contribution is 2.35. The van der Waals surface area contributed by atoms with E-state index in [0.717, 1.165) is 15.9 Å². The zero-order valence-electron chi connectivity index (χ0n) is 10.6. The van der Waals surface area contributed by atoms with Gasteiger partial charge >= 0.3 is 0 Å². The third-order valence-electron chi connectivity index (χ3n) is 3.46. The number of pyridine rings is 1. The molecule has 100 valence electrons. The molecule has 0 saturated carbocycles. The van der Waals surface area contributed by atoms with Gasteiger partial charge in [-0.25, -0.2) is 4.39 Å². The Morgan fingerprint density at radius 1 is 1.42 bits per heavy atom. The molecular weight excluding hydrogens is 313 g/mol. The second-order valence-corrected chi connectivity index (χ2v) is 5.47. The zero-order valence-corrected chi connectivity index (χ0v) is 12.2. The summed E-state index contributed by atoms with van der Waals surface area (Å²) in [6.45, 7) is 4.61. The first-order valence-corrected chi connectivity index (χ1v) is 6.87. The Bertz CT molecular complexity index is 611. The normalized spacial score (nSPS) is 22.3. The maximum atomic E-state index is 12.9. The SMILES string of the molecule is C[C@@H]1OCc2c(Br)c(-c3ccc(F)cn3)nn2[C@H]1C. The molecule has 6 heteroatoms. The number of fused-ring (bicyclic) bond motifs is 1. The van der Waals surface area contributed by atoms with Crippen LogP contribution in [0, 0.1) is 5.82 Å². The molecule has 0 unspecified atom stereocenters. The van der Waals surface area contributed by atoms with Crippen LogP contribution in [-0.2, 0) is 11.3 Å². The van der Waals surface area contributed by atoms with E-state index in [2.05, 4.69) is 32.9 Å². The van der Waals surface area contributed by atoms with Gasteiger partial charge in [0, 0.05) is 0 Å². The van der Waals surface area contributed by atoms with Crippen LogP contribution in [0.1, 0.15) is 25.6 Å². The van der Waals surface area contributed by atoms with Crippen molar-refractivity contribution in [3.05, 3.63) is 34.3 Å². The molecule has 1 aliphatic heterocycles. The summed E-state index contributed by atoms with van der Waals surface area (Å²) >= 11 is 3.54. The number of halogens is 2. The fraction of sp³-hybridized carbons (Fsp3) is 0.385. The second-order valence-electron chi connectivity index (χ2n) is 4.67. The Kier molecular flexibility index (Phi) is 3.14. The summed E-state index contributed by atoms with van der Waals surface area (Å²) in [5.74, 6) is -0.353. The average molecular weight is 326 g/mol. The first-order chi connectivity index (χ1) is 9.08. The lowest BCUT2D eigenvalue weighted by Crippen LogP contribution is -2.29. The van der Waals surface area contributed by atoms with E-state index in [-0.39, 0.29) is 18.0 Å². The Labute approximate surface area is 118 Å². The standard InChI is InChI=1S/C13H13BrFN3O/c1-7-8(2)19-6-11-12(14)13(17-18(7)11)10-4-3-9(15)5-16-10/h3-5,7-8H,6H2,1-2H3/t7-,8-/m0/s1. The van der Waals surface area contributed by atoms with Crippen molar-refractivity contribution in [2.24, 2.45) is 0 Å². The van der Waals surface area contributed by atoms with Crippen LogP contribution in [0.2, 0.25) is 0 Å². The van der Waals surface area contributed by atoms with E-state index >= 15 is 0 Å². The summed E-state index contributed by atoms with van der Waals surface area (Å²) in [7, 11) is 0. The molecule has 2 aromatic rings. The molecule has 3 heterocycles. The zero-order chi connectivity index (χ0) is 13.6. The highest BCUT2D eigenvalue weighted by molar-refractivity contribution is 9.10. The van der Waals surface area contributed by atoms with E-state index < -0.39 is 0 Å². The molecule has 0 spiro atoms. The van der Waals surface area contributed by atoms with Gasteiger partial charge in [-0.2, -0.15) is 5.10 Å². The highest BCUT2D eigenvalue weighted by atomic mass is 79.9. The summed E-state index contributed by atoms with van der Waals surface area (Å²) in [6.07, 6.45) is 1.32. The fourth-order valence-electron chi connectivity index (χ4n) is 2.14. The van der Waals surface area contributed by atoms with Gasteiger partial charge in [0.15, 0.2) is 0 Å². The van der Waals surface area contributed by atoms with Gasteiger partial charge < -0.3 is 4.74 Å². The van der Waals surface area contributed by atoms with E-state index in [9.17, 15) is 4.39 Å². The number of hydrogen-bond donors (Lipinski definition) is 0. The maximum absolute atomic E-state index is 12.9. The van der Waals surface area contributed by atoms with E-state index in [0.29, 0.717) is 12.3 Å². The molecule has 2 atom stereocenters. The minimum Gasteiger partial charge on any atom is -0.370 e. The number of nitrogens with zero attached hydrogens (tertiary/aromatic N) is 3. The lowest BCUT2D eigenvalue weighted by molar-refractivity contribution is -0.0108. The van der Waals surface area contributed by atoms with Crippen LogP contribution in [0.5, 0.6) is 0 Å². The van der Waals surface area contributed by atoms with Gasteiger partial charge in [0.2, 0.25) is 0 Å². The molecule has 0 aromatic carbocycles. The molecule has 0 aliphatic carbocycles. The van der Waals surface area contributed by atoms with Gasteiger partial charge in [-0.15, -0.1) is 0 Å². The number of hydrogen-bond acceptors (Lipinski definition) is 3. The van der Waals surface area contributed by atoms with Crippen LogP contribution in [0.15, 0.2) is 22.8 Å². The minimum atomic E-state index is -0.353. The smallest absolute Gasteiger partial charge is 0.141 e. The largest absolute Gasteiger partial charge is 0.370 e. The molecule has 0 N–H and O–H groups in total. The molecule has 3 rings (SSSR count). The predicted octanol–water partition coefficient (Wildman–Crippen LogP) is 3.33. The van der Waals surface area contributed by atoms with Gasteiger partial charge in [-0.1, -0.05) is 0 Å². The molecule has 0 fully saturated rings. The number of ether oxygens (including phenoxy) is 1. The molecule has 4 nitrogen and oxygen atoms in total. The topological polar surface area (TPSA) is 39.9 Å². The monoisotopic (exact) mass is 325 g/mol. The molecule has 2 aromatic heterocycles. The lowest BCUT2D eigenvalue weighted by atomic mass is 10.2. The van der Waals surface area contributed by atoms with Gasteiger partial charge in [0.25, 0.3) is 0 Å². The van der Waals surface area contributed by atoms with Crippen molar-refractivity contribution in [3.8, 4) is 11.4 Å². The van der Waals surface area contributed by atoms with Crippen LogP contribution in [0.25, 0.3) is 11.4 Å². The average Bonchev–Trinajstić information content (AvgIpc) is 2.73.